The second-order valence-corrected chi connectivity index (χ2v) is 33.9. The van der Waals surface area contributed by atoms with E-state index in [-0.39, 0.29) is 30.6 Å². The minimum absolute atomic E-state index is 0.0517. The first kappa shape index (κ1) is 83.3. The molecule has 0 bridgehead atoms. The molecular formula is C70H114O36. The van der Waals surface area contributed by atoms with Crippen molar-refractivity contribution < 1.29 is 178 Å². The van der Waals surface area contributed by atoms with Gasteiger partial charge in [-0.3, -0.25) is 4.79 Å². The van der Waals surface area contributed by atoms with Crippen molar-refractivity contribution in [2.24, 2.45) is 50.2 Å². The maximum atomic E-state index is 15.7. The van der Waals surface area contributed by atoms with Gasteiger partial charge in [-0.05, 0) is 112 Å². The van der Waals surface area contributed by atoms with Gasteiger partial charge in [0.1, 0.15) is 140 Å². The lowest BCUT2D eigenvalue weighted by molar-refractivity contribution is -0.389. The molecule has 610 valence electrons. The molecule has 0 amide bonds. The Kier molecular flexibility index (Phi) is 24.5. The van der Waals surface area contributed by atoms with Gasteiger partial charge >= 0.3 is 5.97 Å². The zero-order valence-electron chi connectivity index (χ0n) is 60.8. The van der Waals surface area contributed by atoms with E-state index in [1.54, 1.807) is 6.92 Å². The summed E-state index contributed by atoms with van der Waals surface area (Å²) in [6.45, 7) is 13.1. The minimum Gasteiger partial charge on any atom is -0.432 e. The number of aliphatic hydroxyl groups is 21. The Morgan fingerprint density at radius 2 is 0.943 bits per heavy atom. The van der Waals surface area contributed by atoms with Crippen LogP contribution in [-0.4, -0.2) is 367 Å². The van der Waals surface area contributed by atoms with Crippen LogP contribution in [0.4, 0.5) is 0 Å². The Labute approximate surface area is 612 Å². The summed E-state index contributed by atoms with van der Waals surface area (Å²) in [5, 5.41) is 235. The number of ether oxygens (including phenoxy) is 14. The Morgan fingerprint density at radius 3 is 1.58 bits per heavy atom. The largest absolute Gasteiger partial charge is 0.432 e. The standard InChI is InChI=1S/C70H114O36/c1-24-37(78)42(83)46(87)58(95-24)104-55-44(85)38(79)25(2)96-63(55)101-52-31(76)22-93-57(49(52)90)100-51-26(3)97-59(48(89)45(51)86)103-54-39(80)30(75)21-94-62(54)106-64(92)70-15-14-65(4,5)16-28(70)27-10-11-35-66(6)17-29(74)56(67(7,23-73)34(66)12-13-68(35,8)69(27,9)18-36(70)77)105-61-50(91)53(41(82)33(20-72)99-61)102-60-47(88)43(84)40(81)32(19-71)98-60/h10,24-26,28-63,71-91H,11-23H2,1-9H3/t24-,25+,26+,28?,29+,30-,31-,32-,33-,34?,35?,36-,37+,38+,39+,40-,41-,42+,43+,44-,45+,46-,47-,48-,49-,50-,51+,52+,53+,54-,55-,56+,57+,58-,59-,60+,61+,62+,63-,66+,67+,68-,69-,70-/m1/s1. The maximum absolute atomic E-state index is 15.7. The third-order valence-electron chi connectivity index (χ3n) is 27.0. The molecule has 12 aliphatic rings. The number of carbonyl (C=O) groups is 1. The monoisotopic (exact) mass is 1530 g/mol. The van der Waals surface area contributed by atoms with Gasteiger partial charge in [-0.2, -0.15) is 0 Å². The molecule has 36 nitrogen and oxygen atoms in total. The lowest BCUT2D eigenvalue weighted by Crippen LogP contribution is -2.71. The average molecular weight is 1530 g/mol. The molecule has 0 radical (unpaired) electrons. The topological polar surface area (TPSA) is 571 Å². The van der Waals surface area contributed by atoms with Gasteiger partial charge in [-0.15, -0.1) is 0 Å². The quantitative estimate of drug-likeness (QED) is 0.0365. The highest BCUT2D eigenvalue weighted by Crippen LogP contribution is 2.76. The third kappa shape index (κ3) is 14.1. The Balaban J connectivity index is 0.732. The zero-order valence-corrected chi connectivity index (χ0v) is 60.8. The number of aliphatic hydroxyl groups excluding tert-OH is 21. The molecule has 0 aromatic heterocycles. The fraction of sp³-hybridized carbons (Fsp3) is 0.957. The molecule has 7 aliphatic heterocycles. The molecule has 4 saturated carbocycles. The number of hydrogen-bond acceptors (Lipinski definition) is 36. The van der Waals surface area contributed by atoms with E-state index in [0.29, 0.717) is 32.1 Å². The summed E-state index contributed by atoms with van der Waals surface area (Å²) < 4.78 is 83.2. The first-order chi connectivity index (χ1) is 49.7. The SMILES string of the molecule is C[C@@H]1O[C@H](O[C@@H]2[C@@H](O)[C@H](O[C@@H]3[C@@H](O)[C@@H](O)[C@@H](O[C@H]4[C@H](OC(=O)[C@]56CCC(C)(C)CC5C5=CCC7[C@@]8(C)C[C@H](O)[C@H](O[C@@H]9O[C@H](CO)[C@@H](O)[C@H](O[C@@H]%10O[C@H](CO)[C@@H](O)[C@H](O)[C@H]%10O)[C@H]9O)[C@@](C)(CO)C8CC[C@@]7(C)[C@]5(C)C[C@H]6O)OC[C@@H](O)[C@@H]4O)O[C@H]3C)OC[C@H]2O)[C@H](O[C@H]2O[C@H](C)[C@H](O)[C@H](O)[C@H]2O)[C@H](O)[C@H]1O. The van der Waals surface area contributed by atoms with Gasteiger partial charge < -0.3 is 174 Å². The predicted molar refractivity (Wildman–Crippen MR) is 349 cm³/mol. The van der Waals surface area contributed by atoms with E-state index < -0.39 is 299 Å². The highest BCUT2D eigenvalue weighted by molar-refractivity contribution is 5.80. The van der Waals surface area contributed by atoms with Crippen molar-refractivity contribution in [3.05, 3.63) is 11.6 Å². The second-order valence-electron chi connectivity index (χ2n) is 33.9. The van der Waals surface area contributed by atoms with E-state index in [1.807, 2.05) is 0 Å². The predicted octanol–water partition coefficient (Wildman–Crippen LogP) is -7.29. The van der Waals surface area contributed by atoms with E-state index in [0.717, 1.165) is 5.57 Å². The Morgan fingerprint density at radius 1 is 0.443 bits per heavy atom. The molecule has 36 heteroatoms. The summed E-state index contributed by atoms with van der Waals surface area (Å²) >= 11 is 0. The van der Waals surface area contributed by atoms with Crippen molar-refractivity contribution in [1.29, 1.82) is 0 Å². The van der Waals surface area contributed by atoms with E-state index in [4.69, 9.17) is 66.3 Å². The van der Waals surface area contributed by atoms with Crippen LogP contribution in [0, 0.1) is 50.2 Å². The molecule has 7 saturated heterocycles. The summed E-state index contributed by atoms with van der Waals surface area (Å²) in [6, 6.07) is 0. The summed E-state index contributed by atoms with van der Waals surface area (Å²) in [4.78, 5) is 15.7. The molecule has 106 heavy (non-hydrogen) atoms. The van der Waals surface area contributed by atoms with Gasteiger partial charge in [0.05, 0.1) is 69.7 Å². The molecule has 44 atom stereocenters. The molecule has 0 aromatic carbocycles. The van der Waals surface area contributed by atoms with Crippen LogP contribution in [0.3, 0.4) is 0 Å². The molecule has 5 aliphatic carbocycles. The summed E-state index contributed by atoms with van der Waals surface area (Å²) in [6.07, 6.45) is -55.8. The number of fused-ring (bicyclic) bond motifs is 7. The molecule has 7 heterocycles. The fourth-order valence-corrected chi connectivity index (χ4v) is 20.5. The summed E-state index contributed by atoms with van der Waals surface area (Å²) in [7, 11) is 0. The second kappa shape index (κ2) is 31.2. The van der Waals surface area contributed by atoms with Gasteiger partial charge in [-0.25, -0.2) is 0 Å². The van der Waals surface area contributed by atoms with Crippen LogP contribution in [0.25, 0.3) is 0 Å². The van der Waals surface area contributed by atoms with Crippen molar-refractivity contribution in [2.75, 3.05) is 33.0 Å². The van der Waals surface area contributed by atoms with E-state index in [2.05, 4.69) is 40.7 Å². The first-order valence-corrected chi connectivity index (χ1v) is 37.1. The summed E-state index contributed by atoms with van der Waals surface area (Å²) in [5.41, 5.74) is -4.65. The fourth-order valence-electron chi connectivity index (χ4n) is 20.5. The maximum Gasteiger partial charge on any atom is 0.317 e. The average Bonchev–Trinajstić information content (AvgIpc) is 0.668. The number of carbonyl (C=O) groups excluding carboxylic acids is 1. The normalized spacial score (nSPS) is 56.2. The molecule has 11 fully saturated rings. The van der Waals surface area contributed by atoms with Crippen molar-refractivity contribution in [2.45, 2.75) is 335 Å². The van der Waals surface area contributed by atoms with Crippen molar-refractivity contribution in [3.63, 3.8) is 0 Å². The zero-order chi connectivity index (χ0) is 77.5. The van der Waals surface area contributed by atoms with Crippen LogP contribution in [0.2, 0.25) is 0 Å². The Bertz CT molecular complexity index is 3030. The minimum atomic E-state index is -2.07. The van der Waals surface area contributed by atoms with E-state index in [9.17, 15) is 107 Å². The van der Waals surface area contributed by atoms with Crippen molar-refractivity contribution in [3.8, 4) is 0 Å². The van der Waals surface area contributed by atoms with Crippen LogP contribution in [-0.2, 0) is 71.1 Å². The molecular weight excluding hydrogens is 1420 g/mol. The van der Waals surface area contributed by atoms with Gasteiger partial charge in [-0.1, -0.05) is 53.2 Å². The van der Waals surface area contributed by atoms with Crippen molar-refractivity contribution in [1.82, 2.24) is 0 Å². The Hall–Kier alpha value is -2.15. The lowest BCUT2D eigenvalue weighted by atomic mass is 9.33. The van der Waals surface area contributed by atoms with Gasteiger partial charge in [0.2, 0.25) is 6.29 Å². The van der Waals surface area contributed by atoms with Gasteiger partial charge in [0, 0.05) is 5.41 Å². The first-order valence-electron chi connectivity index (χ1n) is 37.1. The lowest BCUT2D eigenvalue weighted by Gasteiger charge is -2.72. The van der Waals surface area contributed by atoms with Crippen LogP contribution >= 0.6 is 0 Å². The highest BCUT2D eigenvalue weighted by atomic mass is 16.8. The van der Waals surface area contributed by atoms with Crippen LogP contribution < -0.4 is 0 Å². The van der Waals surface area contributed by atoms with E-state index in [1.165, 1.54) is 20.8 Å². The van der Waals surface area contributed by atoms with Crippen LogP contribution in [0.15, 0.2) is 11.6 Å². The van der Waals surface area contributed by atoms with Gasteiger partial charge in [0.15, 0.2) is 43.8 Å². The highest BCUT2D eigenvalue weighted by Gasteiger charge is 2.74. The number of esters is 1. The molecule has 0 aromatic rings. The molecule has 12 rings (SSSR count). The number of hydrogen-bond donors (Lipinski definition) is 21. The molecule has 3 unspecified atom stereocenters. The smallest absolute Gasteiger partial charge is 0.317 e. The van der Waals surface area contributed by atoms with Gasteiger partial charge in [0.25, 0.3) is 0 Å². The summed E-state index contributed by atoms with van der Waals surface area (Å²) in [5.74, 6) is -2.20. The number of rotatable bonds is 17. The van der Waals surface area contributed by atoms with Crippen LogP contribution in [0.5, 0.6) is 0 Å². The van der Waals surface area contributed by atoms with E-state index >= 15 is 4.79 Å². The van der Waals surface area contributed by atoms with Crippen molar-refractivity contribution >= 4 is 5.97 Å². The molecule has 0 spiro atoms. The van der Waals surface area contributed by atoms with Crippen LogP contribution in [0.1, 0.15) is 114 Å². The third-order valence-corrected chi connectivity index (χ3v) is 27.0. The number of allylic oxidation sites excluding steroid dienone is 2. The molecule has 21 N–H and O–H groups in total.